The van der Waals surface area contributed by atoms with Crippen molar-refractivity contribution in [2.24, 2.45) is 5.73 Å². The lowest BCUT2D eigenvalue weighted by molar-refractivity contribution is -0.141. The van der Waals surface area contributed by atoms with Gasteiger partial charge in [0.25, 0.3) is 0 Å². The molecule has 1 aliphatic carbocycles. The van der Waals surface area contributed by atoms with Gasteiger partial charge in [-0.3, -0.25) is 4.79 Å². The van der Waals surface area contributed by atoms with E-state index in [1.807, 2.05) is 0 Å². The Balaban J connectivity index is 1.66. The SMILES string of the molecule is NC1(C(=O)N2CCN(S(=O)(=O)c3ccccc3)CC2)CCC1. The van der Waals surface area contributed by atoms with Crippen molar-refractivity contribution in [1.82, 2.24) is 9.21 Å². The van der Waals surface area contributed by atoms with Gasteiger partial charge in [0.15, 0.2) is 0 Å². The molecule has 0 spiro atoms. The minimum atomic E-state index is -3.47. The maximum Gasteiger partial charge on any atom is 0.243 e. The van der Waals surface area contributed by atoms with Gasteiger partial charge in [0.2, 0.25) is 15.9 Å². The Morgan fingerprint density at radius 3 is 2.14 bits per heavy atom. The van der Waals surface area contributed by atoms with Crippen LogP contribution in [0.15, 0.2) is 35.2 Å². The van der Waals surface area contributed by atoms with Gasteiger partial charge in [0.05, 0.1) is 10.4 Å². The molecule has 2 N–H and O–H groups in total. The van der Waals surface area contributed by atoms with Crippen molar-refractivity contribution in [3.8, 4) is 0 Å². The van der Waals surface area contributed by atoms with Crippen LogP contribution in [0.3, 0.4) is 0 Å². The summed E-state index contributed by atoms with van der Waals surface area (Å²) in [5.74, 6) is -0.0319. The highest BCUT2D eigenvalue weighted by atomic mass is 32.2. The van der Waals surface area contributed by atoms with Gasteiger partial charge in [0.1, 0.15) is 0 Å². The molecule has 1 aliphatic heterocycles. The molecule has 7 heteroatoms. The molecule has 0 unspecified atom stereocenters. The fourth-order valence-corrected chi connectivity index (χ4v) is 4.40. The number of hydrogen-bond acceptors (Lipinski definition) is 4. The quantitative estimate of drug-likeness (QED) is 0.873. The van der Waals surface area contributed by atoms with Gasteiger partial charge in [-0.15, -0.1) is 0 Å². The van der Waals surface area contributed by atoms with Crippen LogP contribution in [0.5, 0.6) is 0 Å². The number of carbonyl (C=O) groups excluding carboxylic acids is 1. The Morgan fingerprint density at radius 1 is 1.05 bits per heavy atom. The number of benzene rings is 1. The summed E-state index contributed by atoms with van der Waals surface area (Å²) in [5.41, 5.74) is 5.36. The first-order valence-electron chi connectivity index (χ1n) is 7.57. The van der Waals surface area contributed by atoms with Crippen LogP contribution in [0.1, 0.15) is 19.3 Å². The molecule has 0 radical (unpaired) electrons. The molecule has 1 amide bonds. The Morgan fingerprint density at radius 2 is 1.64 bits per heavy atom. The Bertz CT molecular complexity index is 648. The maximum atomic E-state index is 12.5. The monoisotopic (exact) mass is 323 g/mol. The summed E-state index contributed by atoms with van der Waals surface area (Å²) in [4.78, 5) is 14.4. The minimum Gasteiger partial charge on any atom is -0.338 e. The van der Waals surface area contributed by atoms with Crippen molar-refractivity contribution >= 4 is 15.9 Å². The highest BCUT2D eigenvalue weighted by Gasteiger charge is 2.43. The number of nitrogens with zero attached hydrogens (tertiary/aromatic N) is 2. The molecule has 3 rings (SSSR count). The number of nitrogens with two attached hydrogens (primary N) is 1. The second-order valence-corrected chi connectivity index (χ2v) is 7.96. The van der Waals surface area contributed by atoms with E-state index in [-0.39, 0.29) is 5.91 Å². The second kappa shape index (κ2) is 5.64. The van der Waals surface area contributed by atoms with Crippen molar-refractivity contribution in [2.45, 2.75) is 29.7 Å². The summed E-state index contributed by atoms with van der Waals surface area (Å²) in [6, 6.07) is 8.39. The first-order chi connectivity index (χ1) is 10.4. The average molecular weight is 323 g/mol. The number of amides is 1. The molecule has 120 valence electrons. The van der Waals surface area contributed by atoms with E-state index in [1.165, 1.54) is 4.31 Å². The standard InChI is InChI=1S/C15H21N3O3S/c16-15(7-4-8-15)14(19)17-9-11-18(12-10-17)22(20,21)13-5-2-1-3-6-13/h1-3,5-6H,4,7-12,16H2. The Hall–Kier alpha value is -1.44. The molecule has 1 aromatic carbocycles. The predicted molar refractivity (Wildman–Crippen MR) is 82.6 cm³/mol. The fraction of sp³-hybridized carbons (Fsp3) is 0.533. The van der Waals surface area contributed by atoms with Gasteiger partial charge in [0, 0.05) is 26.2 Å². The zero-order chi connectivity index (χ0) is 15.8. The van der Waals surface area contributed by atoms with Crippen molar-refractivity contribution in [1.29, 1.82) is 0 Å². The fourth-order valence-electron chi connectivity index (χ4n) is 2.96. The van der Waals surface area contributed by atoms with Crippen molar-refractivity contribution < 1.29 is 13.2 Å². The van der Waals surface area contributed by atoms with E-state index < -0.39 is 15.6 Å². The zero-order valence-corrected chi connectivity index (χ0v) is 13.3. The summed E-state index contributed by atoms with van der Waals surface area (Å²) < 4.78 is 26.5. The molecule has 0 aromatic heterocycles. The lowest BCUT2D eigenvalue weighted by Crippen LogP contribution is -2.62. The molecule has 1 saturated heterocycles. The van der Waals surface area contributed by atoms with Crippen LogP contribution >= 0.6 is 0 Å². The highest BCUT2D eigenvalue weighted by Crippen LogP contribution is 2.31. The van der Waals surface area contributed by atoms with E-state index in [0.29, 0.717) is 31.1 Å². The molecule has 2 fully saturated rings. The zero-order valence-electron chi connectivity index (χ0n) is 12.4. The van der Waals surface area contributed by atoms with Crippen LogP contribution in [-0.2, 0) is 14.8 Å². The van der Waals surface area contributed by atoms with E-state index in [0.717, 1.165) is 19.3 Å². The smallest absolute Gasteiger partial charge is 0.243 e. The maximum absolute atomic E-state index is 12.5. The van der Waals surface area contributed by atoms with Crippen LogP contribution in [-0.4, -0.2) is 55.2 Å². The van der Waals surface area contributed by atoms with Gasteiger partial charge < -0.3 is 10.6 Å². The third-order valence-electron chi connectivity index (χ3n) is 4.58. The molecule has 1 aromatic rings. The topological polar surface area (TPSA) is 83.7 Å². The van der Waals surface area contributed by atoms with E-state index in [4.69, 9.17) is 5.73 Å². The third-order valence-corrected chi connectivity index (χ3v) is 6.49. The summed E-state index contributed by atoms with van der Waals surface area (Å²) in [7, 11) is -3.47. The summed E-state index contributed by atoms with van der Waals surface area (Å²) >= 11 is 0. The van der Waals surface area contributed by atoms with Crippen molar-refractivity contribution in [3.05, 3.63) is 30.3 Å². The number of sulfonamides is 1. The third kappa shape index (κ3) is 2.64. The van der Waals surface area contributed by atoms with Crippen LogP contribution in [0.2, 0.25) is 0 Å². The van der Waals surface area contributed by atoms with Crippen LogP contribution in [0.25, 0.3) is 0 Å². The first kappa shape index (κ1) is 15.5. The molecule has 0 atom stereocenters. The van der Waals surface area contributed by atoms with Crippen LogP contribution in [0.4, 0.5) is 0 Å². The number of piperazine rings is 1. The summed E-state index contributed by atoms with van der Waals surface area (Å²) in [5, 5.41) is 0. The van der Waals surface area contributed by atoms with Crippen molar-refractivity contribution in [2.75, 3.05) is 26.2 Å². The molecular weight excluding hydrogens is 302 g/mol. The lowest BCUT2D eigenvalue weighted by atomic mass is 9.76. The Labute approximate surface area is 130 Å². The van der Waals surface area contributed by atoms with Gasteiger partial charge in [-0.05, 0) is 31.4 Å². The molecule has 1 saturated carbocycles. The number of carbonyl (C=O) groups is 1. The highest BCUT2D eigenvalue weighted by molar-refractivity contribution is 7.89. The largest absolute Gasteiger partial charge is 0.338 e. The number of rotatable bonds is 3. The van der Waals surface area contributed by atoms with E-state index in [1.54, 1.807) is 35.2 Å². The van der Waals surface area contributed by atoms with Crippen LogP contribution in [0, 0.1) is 0 Å². The van der Waals surface area contributed by atoms with Gasteiger partial charge >= 0.3 is 0 Å². The first-order valence-corrected chi connectivity index (χ1v) is 9.01. The second-order valence-electron chi connectivity index (χ2n) is 6.02. The normalized spacial score (nSPS) is 22.1. The van der Waals surface area contributed by atoms with E-state index in [9.17, 15) is 13.2 Å². The molecule has 22 heavy (non-hydrogen) atoms. The molecule has 2 aliphatic rings. The molecule has 6 nitrogen and oxygen atoms in total. The summed E-state index contributed by atoms with van der Waals surface area (Å²) in [6.07, 6.45) is 2.45. The Kier molecular flexibility index (Phi) is 3.96. The predicted octanol–water partition coefficient (Wildman–Crippen LogP) is 0.401. The van der Waals surface area contributed by atoms with E-state index >= 15 is 0 Å². The van der Waals surface area contributed by atoms with Gasteiger partial charge in [-0.25, -0.2) is 8.42 Å². The molecular formula is C15H21N3O3S. The van der Waals surface area contributed by atoms with Gasteiger partial charge in [-0.1, -0.05) is 18.2 Å². The molecule has 1 heterocycles. The average Bonchev–Trinajstić information content (AvgIpc) is 2.53. The van der Waals surface area contributed by atoms with Crippen molar-refractivity contribution in [3.63, 3.8) is 0 Å². The lowest BCUT2D eigenvalue weighted by Gasteiger charge is -2.43. The summed E-state index contributed by atoms with van der Waals surface area (Å²) in [6.45, 7) is 1.45. The molecule has 0 bridgehead atoms. The minimum absolute atomic E-state index is 0.0319. The van der Waals surface area contributed by atoms with Crippen LogP contribution < -0.4 is 5.73 Å². The number of hydrogen-bond donors (Lipinski definition) is 1. The van der Waals surface area contributed by atoms with Gasteiger partial charge in [-0.2, -0.15) is 4.31 Å². The van der Waals surface area contributed by atoms with E-state index in [2.05, 4.69) is 0 Å².